The second-order valence-corrected chi connectivity index (χ2v) is 3.38. The molecule has 2 heterocycles. The van der Waals surface area contributed by atoms with Crippen molar-refractivity contribution >= 4 is 5.82 Å². The number of nitrogens with zero attached hydrogens (tertiary/aromatic N) is 3. The van der Waals surface area contributed by atoms with Crippen molar-refractivity contribution in [2.24, 2.45) is 5.92 Å². The van der Waals surface area contributed by atoms with Gasteiger partial charge in [-0.25, -0.2) is 0 Å². The molecule has 76 valence electrons. The topological polar surface area (TPSA) is 70.2 Å². The number of ether oxygens (including phenoxy) is 1. The smallest absolute Gasteiger partial charge is 0.381 e. The van der Waals surface area contributed by atoms with Crippen LogP contribution < -0.4 is 0 Å². The first-order valence-corrected chi connectivity index (χ1v) is 4.51. The van der Waals surface area contributed by atoms with Crippen LogP contribution in [0.1, 0.15) is 6.42 Å². The monoisotopic (exact) mass is 197 g/mol. The maximum Gasteiger partial charge on any atom is 0.389 e. The summed E-state index contributed by atoms with van der Waals surface area (Å²) in [6, 6.07) is 1.41. The van der Waals surface area contributed by atoms with Crippen molar-refractivity contribution in [3.63, 3.8) is 0 Å². The third-order valence-corrected chi connectivity index (χ3v) is 2.28. The van der Waals surface area contributed by atoms with Gasteiger partial charge in [-0.2, -0.15) is 4.68 Å². The summed E-state index contributed by atoms with van der Waals surface area (Å²) in [5.41, 5.74) is 0. The number of hydrogen-bond acceptors (Lipinski definition) is 4. The van der Waals surface area contributed by atoms with E-state index in [1.807, 2.05) is 0 Å². The average Bonchev–Trinajstić information content (AvgIpc) is 2.75. The zero-order valence-corrected chi connectivity index (χ0v) is 7.63. The van der Waals surface area contributed by atoms with Gasteiger partial charge in [0.1, 0.15) is 0 Å². The van der Waals surface area contributed by atoms with Crippen LogP contribution in [0.5, 0.6) is 0 Å². The Balaban J connectivity index is 1.98. The molecule has 0 saturated carbocycles. The molecule has 1 saturated heterocycles. The van der Waals surface area contributed by atoms with Crippen LogP contribution in [0.15, 0.2) is 12.3 Å². The van der Waals surface area contributed by atoms with E-state index < -0.39 is 4.92 Å². The molecular formula is C8H11N3O3. The molecule has 1 atom stereocenters. The highest BCUT2D eigenvalue weighted by atomic mass is 16.6. The molecule has 14 heavy (non-hydrogen) atoms. The minimum atomic E-state index is -0.484. The Morgan fingerprint density at radius 3 is 3.21 bits per heavy atom. The summed E-state index contributed by atoms with van der Waals surface area (Å²) in [5.74, 6) is 0.346. The minimum Gasteiger partial charge on any atom is -0.381 e. The zero-order chi connectivity index (χ0) is 9.97. The molecule has 0 bridgehead atoms. The Bertz CT molecular complexity index is 330. The maximum absolute atomic E-state index is 10.4. The van der Waals surface area contributed by atoms with Crippen LogP contribution in [0.25, 0.3) is 0 Å². The van der Waals surface area contributed by atoms with Crippen LogP contribution in [0, 0.1) is 16.0 Å². The average molecular weight is 197 g/mol. The van der Waals surface area contributed by atoms with Crippen LogP contribution in [0.2, 0.25) is 0 Å². The first-order chi connectivity index (χ1) is 6.75. The summed E-state index contributed by atoms with van der Waals surface area (Å²) in [5, 5.41) is 14.2. The highest BCUT2D eigenvalue weighted by Crippen LogP contribution is 2.15. The van der Waals surface area contributed by atoms with Gasteiger partial charge in [0.05, 0.1) is 30.5 Å². The van der Waals surface area contributed by atoms with Gasteiger partial charge in [-0.3, -0.25) is 0 Å². The van der Waals surface area contributed by atoms with Crippen molar-refractivity contribution in [1.82, 2.24) is 9.78 Å². The Morgan fingerprint density at radius 2 is 2.64 bits per heavy atom. The highest BCUT2D eigenvalue weighted by molar-refractivity contribution is 5.13. The third-order valence-electron chi connectivity index (χ3n) is 2.28. The van der Waals surface area contributed by atoms with Crippen LogP contribution in [0.3, 0.4) is 0 Å². The van der Waals surface area contributed by atoms with E-state index in [2.05, 4.69) is 5.10 Å². The van der Waals surface area contributed by atoms with Gasteiger partial charge in [0.2, 0.25) is 0 Å². The maximum atomic E-state index is 10.4. The Morgan fingerprint density at radius 1 is 1.79 bits per heavy atom. The van der Waals surface area contributed by atoms with E-state index >= 15 is 0 Å². The molecule has 0 N–H and O–H groups in total. The van der Waals surface area contributed by atoms with Gasteiger partial charge in [0.15, 0.2) is 0 Å². The molecule has 1 fully saturated rings. The van der Waals surface area contributed by atoms with Gasteiger partial charge < -0.3 is 14.9 Å². The summed E-state index contributed by atoms with van der Waals surface area (Å²) in [6.07, 6.45) is 2.64. The highest BCUT2D eigenvalue weighted by Gasteiger charge is 2.19. The fourth-order valence-electron chi connectivity index (χ4n) is 1.54. The van der Waals surface area contributed by atoms with E-state index in [1.165, 1.54) is 6.07 Å². The standard InChI is InChI=1S/C8H11N3O3/c12-11(13)8-1-3-10(9-8)5-7-2-4-14-6-7/h1,3,7H,2,4-6H2. The predicted molar refractivity (Wildman–Crippen MR) is 47.8 cm³/mol. The van der Waals surface area contributed by atoms with Crippen molar-refractivity contribution in [3.8, 4) is 0 Å². The first kappa shape index (κ1) is 9.14. The lowest BCUT2D eigenvalue weighted by atomic mass is 10.1. The summed E-state index contributed by atoms with van der Waals surface area (Å²) in [4.78, 5) is 9.87. The normalized spacial score (nSPS) is 21.3. The molecule has 1 unspecified atom stereocenters. The Kier molecular flexibility index (Phi) is 2.45. The predicted octanol–water partition coefficient (Wildman–Crippen LogP) is 0.828. The van der Waals surface area contributed by atoms with Gasteiger partial charge in [-0.05, 0) is 11.3 Å². The summed E-state index contributed by atoms with van der Waals surface area (Å²) < 4.78 is 6.82. The zero-order valence-electron chi connectivity index (χ0n) is 7.63. The quantitative estimate of drug-likeness (QED) is 0.531. The van der Waals surface area contributed by atoms with Crippen molar-refractivity contribution in [2.45, 2.75) is 13.0 Å². The lowest BCUT2D eigenvalue weighted by Gasteiger charge is -2.02. The molecule has 0 amide bonds. The van der Waals surface area contributed by atoms with Gasteiger partial charge in [-0.1, -0.05) is 0 Å². The largest absolute Gasteiger partial charge is 0.389 e. The van der Waals surface area contributed by atoms with E-state index in [0.717, 1.165) is 19.6 Å². The van der Waals surface area contributed by atoms with E-state index in [1.54, 1.807) is 10.9 Å². The molecule has 1 aromatic rings. The number of hydrogen-bond donors (Lipinski definition) is 0. The molecule has 0 aliphatic carbocycles. The SMILES string of the molecule is O=[N+]([O-])c1ccn(CC2CCOC2)n1. The fraction of sp³-hybridized carbons (Fsp3) is 0.625. The van der Waals surface area contributed by atoms with Gasteiger partial charge in [0.25, 0.3) is 0 Å². The van der Waals surface area contributed by atoms with Gasteiger partial charge in [-0.15, -0.1) is 0 Å². The van der Waals surface area contributed by atoms with Crippen LogP contribution in [0.4, 0.5) is 5.82 Å². The van der Waals surface area contributed by atoms with Crippen LogP contribution in [-0.4, -0.2) is 27.9 Å². The summed E-state index contributed by atoms with van der Waals surface area (Å²) in [6.45, 7) is 2.22. The molecule has 1 aromatic heterocycles. The van der Waals surface area contributed by atoms with Crippen molar-refractivity contribution in [1.29, 1.82) is 0 Å². The third kappa shape index (κ3) is 1.90. The lowest BCUT2D eigenvalue weighted by molar-refractivity contribution is -0.389. The van der Waals surface area contributed by atoms with Gasteiger partial charge >= 0.3 is 5.82 Å². The van der Waals surface area contributed by atoms with Crippen molar-refractivity contribution in [3.05, 3.63) is 22.4 Å². The fourth-order valence-corrected chi connectivity index (χ4v) is 1.54. The van der Waals surface area contributed by atoms with Crippen molar-refractivity contribution < 1.29 is 9.66 Å². The number of rotatable bonds is 3. The van der Waals surface area contributed by atoms with E-state index in [4.69, 9.17) is 4.74 Å². The van der Waals surface area contributed by atoms with Gasteiger partial charge in [0, 0.05) is 12.5 Å². The second kappa shape index (κ2) is 3.75. The number of aromatic nitrogens is 2. The van der Waals surface area contributed by atoms with E-state index in [9.17, 15) is 10.1 Å². The summed E-state index contributed by atoms with van der Waals surface area (Å²) >= 11 is 0. The second-order valence-electron chi connectivity index (χ2n) is 3.38. The molecule has 6 heteroatoms. The summed E-state index contributed by atoms with van der Waals surface area (Å²) in [7, 11) is 0. The molecular weight excluding hydrogens is 186 g/mol. The molecule has 0 radical (unpaired) electrons. The molecule has 6 nitrogen and oxygen atoms in total. The molecule has 0 spiro atoms. The minimum absolute atomic E-state index is 0.0936. The van der Waals surface area contributed by atoms with Crippen molar-refractivity contribution in [2.75, 3.05) is 13.2 Å². The first-order valence-electron chi connectivity index (χ1n) is 4.51. The van der Waals surface area contributed by atoms with E-state index in [-0.39, 0.29) is 5.82 Å². The van der Waals surface area contributed by atoms with E-state index in [0.29, 0.717) is 12.5 Å². The number of nitro groups is 1. The Labute approximate surface area is 80.6 Å². The molecule has 1 aliphatic heterocycles. The molecule has 1 aliphatic rings. The van der Waals surface area contributed by atoms with Crippen LogP contribution >= 0.6 is 0 Å². The molecule has 0 aromatic carbocycles. The molecule has 2 rings (SSSR count). The Hall–Kier alpha value is -1.43. The lowest BCUT2D eigenvalue weighted by Crippen LogP contribution is -2.11. The van der Waals surface area contributed by atoms with Crippen LogP contribution in [-0.2, 0) is 11.3 Å².